The van der Waals surface area contributed by atoms with Gasteiger partial charge in [0, 0.05) is 0 Å². The van der Waals surface area contributed by atoms with Crippen molar-refractivity contribution in [3.63, 3.8) is 0 Å². The van der Waals surface area contributed by atoms with E-state index in [2.05, 4.69) is 9.97 Å². The normalized spacial score (nSPS) is 10.8. The summed E-state index contributed by atoms with van der Waals surface area (Å²) in [4.78, 5) is 18.0. The van der Waals surface area contributed by atoms with Gasteiger partial charge in [0.2, 0.25) is 0 Å². The highest BCUT2D eigenvalue weighted by molar-refractivity contribution is 5.83. The van der Waals surface area contributed by atoms with Gasteiger partial charge in [-0.05, 0) is 35.4 Å². The zero-order valence-corrected chi connectivity index (χ0v) is 9.65. The van der Waals surface area contributed by atoms with E-state index in [4.69, 9.17) is 0 Å². The van der Waals surface area contributed by atoms with Gasteiger partial charge in [-0.2, -0.15) is 0 Å². The summed E-state index contributed by atoms with van der Waals surface area (Å²) >= 11 is 0. The molecule has 0 saturated carbocycles. The summed E-state index contributed by atoms with van der Waals surface area (Å²) in [5.74, 6) is -1.80. The number of benzene rings is 2. The van der Waals surface area contributed by atoms with E-state index in [-0.39, 0.29) is 5.56 Å². The van der Waals surface area contributed by atoms with Crippen molar-refractivity contribution in [2.75, 3.05) is 0 Å². The second-order valence-corrected chi connectivity index (χ2v) is 4.09. The largest absolute Gasteiger partial charge is 0.313 e. The molecule has 3 nitrogen and oxygen atoms in total. The Morgan fingerprint density at radius 2 is 1.68 bits per heavy atom. The molecule has 2 aromatic carbocycles. The highest BCUT2D eigenvalue weighted by Crippen LogP contribution is 2.23. The van der Waals surface area contributed by atoms with E-state index in [0.29, 0.717) is 22.0 Å². The molecule has 0 bridgehead atoms. The SMILES string of the molecule is O=c1[nH]cnc2cc(-c3ccc(F)c(F)c3)ccc12. The summed E-state index contributed by atoms with van der Waals surface area (Å²) in [7, 11) is 0. The molecule has 3 rings (SSSR count). The van der Waals surface area contributed by atoms with Gasteiger partial charge in [0.15, 0.2) is 11.6 Å². The van der Waals surface area contributed by atoms with Crippen LogP contribution in [0.2, 0.25) is 0 Å². The maximum absolute atomic E-state index is 13.2. The van der Waals surface area contributed by atoms with E-state index in [1.54, 1.807) is 18.2 Å². The number of fused-ring (bicyclic) bond motifs is 1. The number of nitrogens with zero attached hydrogens (tertiary/aromatic N) is 1. The van der Waals surface area contributed by atoms with Crippen molar-refractivity contribution in [1.29, 1.82) is 0 Å². The molecule has 0 amide bonds. The zero-order chi connectivity index (χ0) is 13.4. The van der Waals surface area contributed by atoms with E-state index < -0.39 is 11.6 Å². The lowest BCUT2D eigenvalue weighted by Crippen LogP contribution is -2.05. The Morgan fingerprint density at radius 3 is 2.47 bits per heavy atom. The molecular formula is C14H8F2N2O. The van der Waals surface area contributed by atoms with Gasteiger partial charge in [0.05, 0.1) is 17.2 Å². The summed E-state index contributed by atoms with van der Waals surface area (Å²) in [5, 5.41) is 0.453. The molecule has 0 aliphatic carbocycles. The van der Waals surface area contributed by atoms with Crippen molar-refractivity contribution >= 4 is 10.9 Å². The maximum atomic E-state index is 13.2. The van der Waals surface area contributed by atoms with E-state index >= 15 is 0 Å². The summed E-state index contributed by atoms with van der Waals surface area (Å²) < 4.78 is 26.1. The zero-order valence-electron chi connectivity index (χ0n) is 9.65. The van der Waals surface area contributed by atoms with Crippen LogP contribution in [0.25, 0.3) is 22.0 Å². The summed E-state index contributed by atoms with van der Waals surface area (Å²) in [6.07, 6.45) is 1.31. The van der Waals surface area contributed by atoms with Gasteiger partial charge < -0.3 is 4.98 Å². The smallest absolute Gasteiger partial charge is 0.258 e. The van der Waals surface area contributed by atoms with Crippen molar-refractivity contribution in [3.8, 4) is 11.1 Å². The number of rotatable bonds is 1. The molecule has 0 saturated heterocycles. The summed E-state index contributed by atoms with van der Waals surface area (Å²) in [6.45, 7) is 0. The predicted octanol–water partition coefficient (Wildman–Crippen LogP) is 2.87. The van der Waals surface area contributed by atoms with Crippen molar-refractivity contribution in [1.82, 2.24) is 9.97 Å². The molecule has 1 heterocycles. The monoisotopic (exact) mass is 258 g/mol. The minimum absolute atomic E-state index is 0.234. The molecule has 0 unspecified atom stereocenters. The molecule has 0 radical (unpaired) electrons. The van der Waals surface area contributed by atoms with E-state index in [9.17, 15) is 13.6 Å². The lowest BCUT2D eigenvalue weighted by atomic mass is 10.0. The quantitative estimate of drug-likeness (QED) is 0.729. The maximum Gasteiger partial charge on any atom is 0.258 e. The van der Waals surface area contributed by atoms with Crippen molar-refractivity contribution in [2.24, 2.45) is 0 Å². The van der Waals surface area contributed by atoms with E-state index in [1.165, 1.54) is 12.4 Å². The standard InChI is InChI=1S/C14H8F2N2O/c15-11-4-2-8(5-12(11)16)9-1-3-10-13(6-9)17-7-18-14(10)19/h1-7H,(H,17,18,19). The molecule has 19 heavy (non-hydrogen) atoms. The first kappa shape index (κ1) is 11.5. The van der Waals surface area contributed by atoms with Crippen molar-refractivity contribution in [2.45, 2.75) is 0 Å². The molecule has 94 valence electrons. The fraction of sp³-hybridized carbons (Fsp3) is 0. The number of hydrogen-bond acceptors (Lipinski definition) is 2. The third-order valence-electron chi connectivity index (χ3n) is 2.89. The molecule has 0 spiro atoms. The lowest BCUT2D eigenvalue weighted by molar-refractivity contribution is 0.509. The van der Waals surface area contributed by atoms with Crippen LogP contribution in [0.3, 0.4) is 0 Å². The van der Waals surface area contributed by atoms with Crippen LogP contribution >= 0.6 is 0 Å². The molecule has 3 aromatic rings. The first-order valence-corrected chi connectivity index (χ1v) is 5.58. The van der Waals surface area contributed by atoms with Gasteiger partial charge in [-0.1, -0.05) is 12.1 Å². The minimum atomic E-state index is -0.906. The van der Waals surface area contributed by atoms with Crippen LogP contribution < -0.4 is 5.56 Å². The number of halogens is 2. The highest BCUT2D eigenvalue weighted by atomic mass is 19.2. The number of aromatic nitrogens is 2. The number of nitrogens with one attached hydrogen (secondary N) is 1. The van der Waals surface area contributed by atoms with Crippen LogP contribution in [0.5, 0.6) is 0 Å². The Bertz CT molecular complexity index is 827. The minimum Gasteiger partial charge on any atom is -0.313 e. The van der Waals surface area contributed by atoms with Gasteiger partial charge in [-0.3, -0.25) is 4.79 Å². The number of H-pyrrole nitrogens is 1. The van der Waals surface area contributed by atoms with Gasteiger partial charge in [0.1, 0.15) is 0 Å². The van der Waals surface area contributed by atoms with Crippen LogP contribution in [-0.2, 0) is 0 Å². The van der Waals surface area contributed by atoms with Crippen LogP contribution in [0.15, 0.2) is 47.5 Å². The second-order valence-electron chi connectivity index (χ2n) is 4.09. The number of hydrogen-bond donors (Lipinski definition) is 1. The molecular weight excluding hydrogens is 250 g/mol. The molecule has 0 atom stereocenters. The fourth-order valence-electron chi connectivity index (χ4n) is 1.92. The second kappa shape index (κ2) is 4.28. The molecule has 5 heteroatoms. The Balaban J connectivity index is 2.20. The molecule has 0 fully saturated rings. The van der Waals surface area contributed by atoms with Crippen LogP contribution in [0.1, 0.15) is 0 Å². The van der Waals surface area contributed by atoms with Crippen LogP contribution in [-0.4, -0.2) is 9.97 Å². The topological polar surface area (TPSA) is 45.8 Å². The van der Waals surface area contributed by atoms with Crippen LogP contribution in [0.4, 0.5) is 8.78 Å². The average Bonchev–Trinajstić information content (AvgIpc) is 2.42. The average molecular weight is 258 g/mol. The van der Waals surface area contributed by atoms with Gasteiger partial charge in [0.25, 0.3) is 5.56 Å². The first-order valence-electron chi connectivity index (χ1n) is 5.58. The number of aromatic amines is 1. The first-order chi connectivity index (χ1) is 9.15. The fourth-order valence-corrected chi connectivity index (χ4v) is 1.92. The third kappa shape index (κ3) is 1.99. The van der Waals surface area contributed by atoms with Gasteiger partial charge in [-0.15, -0.1) is 0 Å². The van der Waals surface area contributed by atoms with Gasteiger partial charge in [-0.25, -0.2) is 13.8 Å². The Hall–Kier alpha value is -2.56. The summed E-state index contributed by atoms with van der Waals surface area (Å²) in [5.41, 5.74) is 1.47. The Morgan fingerprint density at radius 1 is 0.947 bits per heavy atom. The molecule has 1 N–H and O–H groups in total. The Kier molecular flexibility index (Phi) is 2.59. The Labute approximate surface area is 106 Å². The van der Waals surface area contributed by atoms with Crippen molar-refractivity contribution in [3.05, 3.63) is 64.7 Å². The predicted molar refractivity (Wildman–Crippen MR) is 67.7 cm³/mol. The third-order valence-corrected chi connectivity index (χ3v) is 2.89. The lowest BCUT2D eigenvalue weighted by Gasteiger charge is -2.03. The molecule has 0 aliphatic rings. The summed E-state index contributed by atoms with van der Waals surface area (Å²) in [6, 6.07) is 8.61. The molecule has 0 aliphatic heterocycles. The van der Waals surface area contributed by atoms with E-state index in [1.807, 2.05) is 0 Å². The highest BCUT2D eigenvalue weighted by Gasteiger charge is 2.06. The molecule has 1 aromatic heterocycles. The van der Waals surface area contributed by atoms with Crippen LogP contribution in [0, 0.1) is 11.6 Å². The van der Waals surface area contributed by atoms with E-state index in [0.717, 1.165) is 12.1 Å². The van der Waals surface area contributed by atoms with Crippen molar-refractivity contribution < 1.29 is 8.78 Å². The van der Waals surface area contributed by atoms with Gasteiger partial charge >= 0.3 is 0 Å².